The van der Waals surface area contributed by atoms with Crippen LogP contribution in [-0.4, -0.2) is 248 Å². The van der Waals surface area contributed by atoms with Crippen LogP contribution in [0.25, 0.3) is 10.9 Å². The van der Waals surface area contributed by atoms with Gasteiger partial charge in [-0.15, -0.1) is 5.10 Å². The summed E-state index contributed by atoms with van der Waals surface area (Å²) in [6.07, 6.45) is 5.10. The van der Waals surface area contributed by atoms with Gasteiger partial charge in [0.2, 0.25) is 41.4 Å². The number of para-hydroxylation sites is 1. The smallest absolute Gasteiger partial charge is 0.243 e. The lowest BCUT2D eigenvalue weighted by Crippen LogP contribution is -2.58. The van der Waals surface area contributed by atoms with Crippen molar-refractivity contribution in [1.29, 1.82) is 0 Å². The highest BCUT2D eigenvalue weighted by molar-refractivity contribution is 5.98. The van der Waals surface area contributed by atoms with E-state index in [4.69, 9.17) is 58.8 Å². The third kappa shape index (κ3) is 34.7. The lowest BCUT2D eigenvalue weighted by molar-refractivity contribution is -0.135. The summed E-state index contributed by atoms with van der Waals surface area (Å²) in [6.45, 7) is 9.37. The summed E-state index contributed by atoms with van der Waals surface area (Å²) < 4.78 is 56.8. The number of benzene rings is 3. The average Bonchev–Trinajstić information content (AvgIpc) is 1.74. The van der Waals surface area contributed by atoms with Gasteiger partial charge in [-0.05, 0) is 92.8 Å². The number of hydrogen-bond acceptors (Lipinski definition) is 22. The second-order valence-corrected chi connectivity index (χ2v) is 24.6. The Morgan fingerprint density at radius 1 is 0.573 bits per heavy atom. The van der Waals surface area contributed by atoms with Gasteiger partial charge in [-0.3, -0.25) is 43.0 Å². The lowest BCUT2D eigenvalue weighted by atomic mass is 9.89. The van der Waals surface area contributed by atoms with Crippen molar-refractivity contribution in [3.63, 3.8) is 0 Å². The van der Waals surface area contributed by atoms with Crippen molar-refractivity contribution < 1.29 is 90.8 Å². The standard InChI is InChI=1S/C72H106N12O19/c1-52(85)77-65-49-57-51-84(83-82-57)24-10-8-16-61(69(90)75-23-26-95-28-30-97-32-34-99-36-38-101-40-42-103-44-43-102-41-39-100-37-35-98-33-31-96-29-27-94-25-21-67(74)88)78-68(89)55(45-53-11-3-2-4-12-53)48-66(87)63(46-54-17-19-58(86)20-18-54)80-70(91)62(15-7-9-22-73)79-71(92)64(81-72(65)93)47-56-50-76-60-14-6-5-13-59(56)60/h2-6,11-14,17-20,50-51,55,61-65,76,86H,7-10,15-16,21-49,73H2,1H3,(H2,74,88)(H,75,90)(H,77,85)(H,78,89)(H,79,92)(H,80,91)(H,81,93)/t55-,61-,62+,63+,64+,65-/m1/s1. The number of nitrogens with zero attached hydrogens (tertiary/aromatic N) is 3. The summed E-state index contributed by atoms with van der Waals surface area (Å²) in [4.78, 5) is 115. The number of aromatic hydroxyl groups is 1. The predicted octanol–water partition coefficient (Wildman–Crippen LogP) is 1.23. The fourth-order valence-corrected chi connectivity index (χ4v) is 11.0. The van der Waals surface area contributed by atoms with E-state index >= 15 is 4.79 Å². The molecule has 0 unspecified atom stereocenters. The van der Waals surface area contributed by atoms with Crippen molar-refractivity contribution in [2.75, 3.05) is 145 Å². The van der Waals surface area contributed by atoms with Gasteiger partial charge in [0, 0.05) is 74.9 Å². The number of nitrogens with one attached hydrogen (secondary N) is 7. The number of ether oxygens (including phenoxy) is 10. The largest absolute Gasteiger partial charge is 0.508 e. The molecule has 1 aliphatic heterocycles. The van der Waals surface area contributed by atoms with Crippen molar-refractivity contribution in [2.24, 2.45) is 17.4 Å². The molecular weight excluding hydrogens is 1340 g/mol. The summed E-state index contributed by atoms with van der Waals surface area (Å²) in [5, 5.41) is 36.8. The van der Waals surface area contributed by atoms with Gasteiger partial charge in [0.05, 0.1) is 144 Å². The molecule has 3 heterocycles. The Bertz CT molecular complexity index is 3270. The fraction of sp³-hybridized carbons (Fsp3) is 0.583. The number of hydrogen-bond donors (Lipinski definition) is 10. The molecular formula is C72H106N12O19. The quantitative estimate of drug-likeness (QED) is 0.0245. The lowest BCUT2D eigenvalue weighted by Gasteiger charge is -2.27. The highest BCUT2D eigenvalue weighted by Gasteiger charge is 2.35. The first-order valence-electron chi connectivity index (χ1n) is 35.5. The molecule has 0 saturated heterocycles. The number of rotatable bonds is 45. The Labute approximate surface area is 601 Å². The number of amides is 7. The van der Waals surface area contributed by atoms with E-state index in [9.17, 15) is 38.7 Å². The zero-order chi connectivity index (χ0) is 73.5. The van der Waals surface area contributed by atoms with Gasteiger partial charge < -0.3 is 101 Å². The zero-order valence-electron chi connectivity index (χ0n) is 59.2. The van der Waals surface area contributed by atoms with Gasteiger partial charge >= 0.3 is 0 Å². The zero-order valence-corrected chi connectivity index (χ0v) is 59.2. The van der Waals surface area contributed by atoms with Crippen molar-refractivity contribution >= 4 is 58.0 Å². The van der Waals surface area contributed by atoms with Gasteiger partial charge in [0.25, 0.3) is 0 Å². The monoisotopic (exact) mass is 1440 g/mol. The van der Waals surface area contributed by atoms with Crippen LogP contribution in [0, 0.1) is 5.92 Å². The predicted molar refractivity (Wildman–Crippen MR) is 378 cm³/mol. The van der Waals surface area contributed by atoms with Crippen LogP contribution in [0.1, 0.15) is 80.7 Å². The van der Waals surface area contributed by atoms with Gasteiger partial charge in [-0.2, -0.15) is 0 Å². The van der Waals surface area contributed by atoms with Crippen LogP contribution >= 0.6 is 0 Å². The van der Waals surface area contributed by atoms with Gasteiger partial charge in [-0.25, -0.2) is 0 Å². The van der Waals surface area contributed by atoms with E-state index in [1.807, 2.05) is 54.6 Å². The van der Waals surface area contributed by atoms with Crippen molar-refractivity contribution in [2.45, 2.75) is 121 Å². The number of phenols is 1. The summed E-state index contributed by atoms with van der Waals surface area (Å²) >= 11 is 0. The maximum atomic E-state index is 15.1. The Kier molecular flexibility index (Phi) is 40.7. The molecule has 3 aromatic carbocycles. The van der Waals surface area contributed by atoms with E-state index in [0.29, 0.717) is 155 Å². The summed E-state index contributed by atoms with van der Waals surface area (Å²) in [7, 11) is 0. The molecule has 12 N–H and O–H groups in total. The number of carbonyl (C=O) groups excluding carboxylic acids is 8. The summed E-state index contributed by atoms with van der Waals surface area (Å²) in [6, 6.07) is 16.6. The van der Waals surface area contributed by atoms with Crippen LogP contribution in [0.4, 0.5) is 0 Å². The number of aromatic nitrogens is 4. The number of Topliss-reactive ketones (excluding diaryl/α,β-unsaturated/α-hetero) is 1. The number of aromatic amines is 1. The number of nitrogens with two attached hydrogens (primary N) is 2. The number of carbonyl (C=O) groups is 8. The molecule has 103 heavy (non-hydrogen) atoms. The van der Waals surface area contributed by atoms with Gasteiger partial charge in [0.15, 0.2) is 5.78 Å². The molecule has 31 heteroatoms. The minimum atomic E-state index is -1.29. The molecule has 0 fully saturated rings. The Hall–Kier alpha value is -8.34. The number of primary amides is 1. The first kappa shape index (κ1) is 83.6. The Balaban J connectivity index is 1.00. The first-order chi connectivity index (χ1) is 50.1. The number of unbranched alkanes of at least 4 members (excludes halogenated alkanes) is 1. The van der Waals surface area contributed by atoms with E-state index in [2.05, 4.69) is 47.2 Å². The highest BCUT2D eigenvalue weighted by Crippen LogP contribution is 2.22. The van der Waals surface area contributed by atoms with E-state index in [-0.39, 0.29) is 96.6 Å². The van der Waals surface area contributed by atoms with E-state index in [0.717, 1.165) is 16.5 Å². The number of phenolic OH excluding ortho intramolecular Hbond substituents is 1. The molecule has 31 nitrogen and oxygen atoms in total. The molecule has 2 bridgehead atoms. The third-order valence-electron chi connectivity index (χ3n) is 16.4. The van der Waals surface area contributed by atoms with Crippen LogP contribution in [0.15, 0.2) is 91.3 Å². The molecule has 5 aromatic rings. The molecule has 0 spiro atoms. The second kappa shape index (κ2) is 50.1. The minimum absolute atomic E-state index is 0.0218. The van der Waals surface area contributed by atoms with Crippen LogP contribution in [-0.2, 0) is 118 Å². The van der Waals surface area contributed by atoms with Crippen LogP contribution in [0.2, 0.25) is 0 Å². The number of fused-ring (bicyclic) bond motifs is 3. The number of aryl methyl sites for hydroxylation is 1. The summed E-state index contributed by atoms with van der Waals surface area (Å²) in [5.41, 5.74) is 14.1. The third-order valence-corrected chi connectivity index (χ3v) is 16.4. The van der Waals surface area contributed by atoms with Gasteiger partial charge in [0.1, 0.15) is 29.9 Å². The van der Waals surface area contributed by atoms with Gasteiger partial charge in [-0.1, -0.05) is 65.9 Å². The Morgan fingerprint density at radius 2 is 1.11 bits per heavy atom. The van der Waals surface area contributed by atoms with Crippen LogP contribution in [0.3, 0.4) is 0 Å². The van der Waals surface area contributed by atoms with Crippen molar-refractivity contribution in [1.82, 2.24) is 51.9 Å². The van der Waals surface area contributed by atoms with Crippen molar-refractivity contribution in [3.05, 3.63) is 114 Å². The molecule has 2 aromatic heterocycles. The molecule has 7 amide bonds. The molecule has 568 valence electrons. The molecule has 0 aliphatic carbocycles. The molecule has 0 radical (unpaired) electrons. The Morgan fingerprint density at radius 3 is 1.69 bits per heavy atom. The number of ketones is 1. The normalized spacial score (nSPS) is 18.3. The molecule has 6 atom stereocenters. The fourth-order valence-electron chi connectivity index (χ4n) is 11.0. The first-order valence-corrected chi connectivity index (χ1v) is 35.5. The SMILES string of the molecule is CC(=O)N[C@@H]1Cc2cn(nn2)CCCC[C@H](C(=O)NCCOCCOCCOCCOCCOCCOCCOCCOCCOCCOCCC(N)=O)NC(=O)[C@H](Cc2ccccc2)CC(=O)[C@H](Cc2ccc(O)cc2)NC(=O)[C@H](CCCCN)NC(=O)[C@H](Cc2c[nH]c3ccccc23)NC1=O. The van der Waals surface area contributed by atoms with E-state index in [1.165, 1.54) is 19.1 Å². The van der Waals surface area contributed by atoms with E-state index in [1.54, 1.807) is 29.2 Å². The van der Waals surface area contributed by atoms with Crippen LogP contribution < -0.4 is 43.4 Å². The molecule has 6 rings (SSSR count). The van der Waals surface area contributed by atoms with Crippen LogP contribution in [0.5, 0.6) is 5.75 Å². The topological polar surface area (TPSA) is 420 Å². The minimum Gasteiger partial charge on any atom is -0.508 e. The second-order valence-electron chi connectivity index (χ2n) is 24.6. The van der Waals surface area contributed by atoms with Crippen molar-refractivity contribution in [3.8, 4) is 5.75 Å². The molecule has 1 aliphatic rings. The number of H-pyrrole nitrogens is 1. The maximum absolute atomic E-state index is 15.1. The highest BCUT2D eigenvalue weighted by atomic mass is 16.6. The van der Waals surface area contributed by atoms with E-state index < -0.39 is 83.3 Å². The molecule has 0 saturated carbocycles. The average molecular weight is 1440 g/mol. The summed E-state index contributed by atoms with van der Waals surface area (Å²) in [5.74, 6) is -5.69. The maximum Gasteiger partial charge on any atom is 0.243 e.